The van der Waals surface area contributed by atoms with Crippen molar-refractivity contribution in [1.29, 1.82) is 0 Å². The molecule has 0 atom stereocenters. The van der Waals surface area contributed by atoms with Crippen molar-refractivity contribution in [3.05, 3.63) is 70.8 Å². The summed E-state index contributed by atoms with van der Waals surface area (Å²) in [7, 11) is 0. The summed E-state index contributed by atoms with van der Waals surface area (Å²) in [5.41, 5.74) is 4.69. The number of rotatable bonds is 7. The van der Waals surface area contributed by atoms with Crippen molar-refractivity contribution >= 4 is 40.3 Å². The van der Waals surface area contributed by atoms with Gasteiger partial charge in [-0.1, -0.05) is 56.0 Å². The summed E-state index contributed by atoms with van der Waals surface area (Å²) in [6.45, 7) is 9.42. The lowest BCUT2D eigenvalue weighted by molar-refractivity contribution is -0.122. The van der Waals surface area contributed by atoms with Gasteiger partial charge in [0.25, 0.3) is 5.91 Å². The fourth-order valence-corrected chi connectivity index (χ4v) is 5.00. The summed E-state index contributed by atoms with van der Waals surface area (Å²) in [6, 6.07) is 16.0. The fraction of sp³-hybridized carbons (Fsp3) is 0.269. The highest BCUT2D eigenvalue weighted by atomic mass is 32.2. The van der Waals surface area contributed by atoms with Gasteiger partial charge in [-0.15, -0.1) is 0 Å². The number of thioether (sulfide) groups is 1. The van der Waals surface area contributed by atoms with Crippen molar-refractivity contribution in [2.24, 2.45) is 5.92 Å². The van der Waals surface area contributed by atoms with E-state index in [4.69, 9.17) is 22.1 Å². The van der Waals surface area contributed by atoms with Crippen LogP contribution in [-0.2, 0) is 4.79 Å². The van der Waals surface area contributed by atoms with Crippen LogP contribution in [0, 0.1) is 12.8 Å². The highest BCUT2D eigenvalue weighted by molar-refractivity contribution is 8.26. The maximum Gasteiger partial charge on any atom is 0.266 e. The zero-order valence-corrected chi connectivity index (χ0v) is 20.9. The number of amides is 1. The molecule has 170 valence electrons. The van der Waals surface area contributed by atoms with Gasteiger partial charge in [0.2, 0.25) is 0 Å². The van der Waals surface area contributed by atoms with Crippen molar-refractivity contribution in [2.45, 2.75) is 27.7 Å². The Morgan fingerprint density at radius 3 is 2.61 bits per heavy atom. The molecule has 2 heterocycles. The number of hydrogen-bond donors (Lipinski definition) is 0. The number of ether oxygens (including phenoxy) is 1. The van der Waals surface area contributed by atoms with E-state index in [1.165, 1.54) is 11.8 Å². The maximum atomic E-state index is 13.1. The van der Waals surface area contributed by atoms with Crippen LogP contribution in [0.25, 0.3) is 23.0 Å². The Morgan fingerprint density at radius 1 is 1.18 bits per heavy atom. The van der Waals surface area contributed by atoms with Crippen molar-refractivity contribution in [2.75, 3.05) is 13.2 Å². The monoisotopic (exact) mass is 477 g/mol. The zero-order chi connectivity index (χ0) is 23.5. The van der Waals surface area contributed by atoms with Gasteiger partial charge in [-0.05, 0) is 61.7 Å². The van der Waals surface area contributed by atoms with Gasteiger partial charge in [-0.25, -0.2) is 4.68 Å². The predicted molar refractivity (Wildman–Crippen MR) is 140 cm³/mol. The quantitative estimate of drug-likeness (QED) is 0.304. The van der Waals surface area contributed by atoms with E-state index in [0.29, 0.717) is 28.3 Å². The summed E-state index contributed by atoms with van der Waals surface area (Å²) in [5.74, 6) is 1.13. The molecule has 0 radical (unpaired) electrons. The third-order valence-electron chi connectivity index (χ3n) is 5.24. The van der Waals surface area contributed by atoms with Crippen LogP contribution in [0.4, 0.5) is 0 Å². The molecule has 4 rings (SSSR count). The van der Waals surface area contributed by atoms with E-state index in [1.54, 1.807) is 4.90 Å². The van der Waals surface area contributed by atoms with Gasteiger partial charge in [0.05, 0.1) is 17.2 Å². The van der Waals surface area contributed by atoms with Crippen LogP contribution in [-0.4, -0.2) is 38.1 Å². The van der Waals surface area contributed by atoms with Crippen LogP contribution in [0.2, 0.25) is 0 Å². The van der Waals surface area contributed by atoms with Crippen LogP contribution >= 0.6 is 24.0 Å². The SMILES string of the molecule is CCOc1ccc(-c2nn(-c3ccccc3)cc2/C=C2\SC(=S)N(CC(C)C)C2=O)c(C)c1. The van der Waals surface area contributed by atoms with Gasteiger partial charge < -0.3 is 4.74 Å². The molecule has 1 amide bonds. The average molecular weight is 478 g/mol. The lowest BCUT2D eigenvalue weighted by Crippen LogP contribution is -2.31. The number of para-hydroxylation sites is 1. The summed E-state index contributed by atoms with van der Waals surface area (Å²) >= 11 is 6.84. The number of thiocarbonyl (C=S) groups is 1. The molecule has 1 fully saturated rings. The van der Waals surface area contributed by atoms with Crippen LogP contribution in [0.3, 0.4) is 0 Å². The average Bonchev–Trinajstić information content (AvgIpc) is 3.31. The second kappa shape index (κ2) is 9.93. The van der Waals surface area contributed by atoms with Crippen molar-refractivity contribution in [3.63, 3.8) is 0 Å². The Hall–Kier alpha value is -2.90. The molecule has 1 aliphatic heterocycles. The summed E-state index contributed by atoms with van der Waals surface area (Å²) in [5, 5.41) is 4.90. The number of aromatic nitrogens is 2. The third-order valence-corrected chi connectivity index (χ3v) is 6.61. The van der Waals surface area contributed by atoms with Crippen molar-refractivity contribution in [1.82, 2.24) is 14.7 Å². The minimum Gasteiger partial charge on any atom is -0.494 e. The minimum atomic E-state index is -0.0412. The van der Waals surface area contributed by atoms with E-state index in [2.05, 4.69) is 13.8 Å². The van der Waals surface area contributed by atoms with Crippen LogP contribution in [0.15, 0.2) is 59.6 Å². The molecule has 1 aromatic heterocycles. The molecule has 0 aliphatic carbocycles. The summed E-state index contributed by atoms with van der Waals surface area (Å²) < 4.78 is 8.11. The normalized spacial score (nSPS) is 15.2. The van der Waals surface area contributed by atoms with Gasteiger partial charge >= 0.3 is 0 Å². The van der Waals surface area contributed by atoms with Gasteiger partial charge in [0, 0.05) is 23.9 Å². The first-order valence-corrected chi connectivity index (χ1v) is 12.2. The Morgan fingerprint density at radius 2 is 1.94 bits per heavy atom. The van der Waals surface area contributed by atoms with E-state index in [-0.39, 0.29) is 5.91 Å². The van der Waals surface area contributed by atoms with E-state index in [1.807, 2.05) is 79.3 Å². The topological polar surface area (TPSA) is 47.4 Å². The highest BCUT2D eigenvalue weighted by Gasteiger charge is 2.32. The lowest BCUT2D eigenvalue weighted by Gasteiger charge is -2.16. The fourth-order valence-electron chi connectivity index (χ4n) is 3.74. The summed E-state index contributed by atoms with van der Waals surface area (Å²) in [6.07, 6.45) is 3.88. The second-order valence-corrected chi connectivity index (χ2v) is 9.98. The first-order valence-electron chi connectivity index (χ1n) is 11.0. The molecule has 0 unspecified atom stereocenters. The molecular weight excluding hydrogens is 450 g/mol. The first kappa shape index (κ1) is 23.3. The van der Waals surface area contributed by atoms with Gasteiger partial charge in [-0.2, -0.15) is 5.10 Å². The number of benzene rings is 2. The van der Waals surface area contributed by atoms with Crippen LogP contribution in [0.5, 0.6) is 5.75 Å². The number of hydrogen-bond acceptors (Lipinski definition) is 5. The second-order valence-electron chi connectivity index (χ2n) is 8.31. The number of nitrogens with zero attached hydrogens (tertiary/aromatic N) is 3. The lowest BCUT2D eigenvalue weighted by atomic mass is 10.0. The molecule has 0 spiro atoms. The molecule has 0 N–H and O–H groups in total. The van der Waals surface area contributed by atoms with E-state index in [0.717, 1.165) is 33.8 Å². The molecule has 1 aliphatic rings. The maximum absolute atomic E-state index is 13.1. The molecular formula is C26H27N3O2S2. The third kappa shape index (κ3) is 5.04. The number of carbonyl (C=O) groups excluding carboxylic acids is 1. The molecule has 5 nitrogen and oxygen atoms in total. The molecule has 0 saturated carbocycles. The van der Waals surface area contributed by atoms with Crippen molar-refractivity contribution < 1.29 is 9.53 Å². The largest absolute Gasteiger partial charge is 0.494 e. The zero-order valence-electron chi connectivity index (χ0n) is 19.2. The molecule has 2 aromatic carbocycles. The highest BCUT2D eigenvalue weighted by Crippen LogP contribution is 2.36. The number of aryl methyl sites for hydroxylation is 1. The molecule has 7 heteroatoms. The Labute approximate surface area is 204 Å². The standard InChI is InChI=1S/C26H27N3O2S2/c1-5-31-21-11-12-22(18(4)13-21)24-19(16-29(27-24)20-9-7-6-8-10-20)14-23-25(30)28(15-17(2)3)26(32)33-23/h6-14,16-17H,5,15H2,1-4H3/b23-14-. The minimum absolute atomic E-state index is 0.0412. The van der Waals surface area contributed by atoms with Gasteiger partial charge in [-0.3, -0.25) is 9.69 Å². The van der Waals surface area contributed by atoms with Crippen molar-refractivity contribution in [3.8, 4) is 22.7 Å². The Bertz CT molecular complexity index is 1220. The van der Waals surface area contributed by atoms with Gasteiger partial charge in [0.1, 0.15) is 15.8 Å². The van der Waals surface area contributed by atoms with Gasteiger partial charge in [0.15, 0.2) is 0 Å². The van der Waals surface area contributed by atoms with E-state index < -0.39 is 0 Å². The smallest absolute Gasteiger partial charge is 0.266 e. The molecule has 1 saturated heterocycles. The molecule has 0 bridgehead atoms. The van der Waals surface area contributed by atoms with Crippen LogP contribution < -0.4 is 4.74 Å². The van der Waals surface area contributed by atoms with Crippen LogP contribution in [0.1, 0.15) is 31.9 Å². The molecule has 3 aromatic rings. The van der Waals surface area contributed by atoms with E-state index in [9.17, 15) is 4.79 Å². The summed E-state index contributed by atoms with van der Waals surface area (Å²) in [4.78, 5) is 15.4. The predicted octanol–water partition coefficient (Wildman–Crippen LogP) is 6.10. The number of carbonyl (C=O) groups is 1. The Balaban J connectivity index is 1.79. The first-order chi connectivity index (χ1) is 15.9. The Kier molecular flexibility index (Phi) is 7.00. The van der Waals surface area contributed by atoms with E-state index >= 15 is 0 Å². The molecule has 33 heavy (non-hydrogen) atoms.